The van der Waals surface area contributed by atoms with E-state index < -0.39 is 0 Å². The van der Waals surface area contributed by atoms with E-state index in [1.807, 2.05) is 11.7 Å². The van der Waals surface area contributed by atoms with Crippen molar-refractivity contribution < 1.29 is 0 Å². The van der Waals surface area contributed by atoms with E-state index in [0.717, 1.165) is 6.42 Å². The predicted molar refractivity (Wildman–Crippen MR) is 57.2 cm³/mol. The van der Waals surface area contributed by atoms with Crippen LogP contribution in [-0.4, -0.2) is 16.3 Å². The summed E-state index contributed by atoms with van der Waals surface area (Å²) in [5.74, 6) is 0.715. The molecular weight excluding hydrogens is 174 g/mol. The summed E-state index contributed by atoms with van der Waals surface area (Å²) >= 11 is 0. The Hall–Kier alpha value is -0.830. The molecule has 1 saturated carbocycles. The molecule has 3 nitrogen and oxygen atoms in total. The second kappa shape index (κ2) is 4.13. The molecule has 1 aromatic rings. The molecule has 0 aliphatic heterocycles. The third-order valence-electron chi connectivity index (χ3n) is 3.17. The van der Waals surface area contributed by atoms with Crippen molar-refractivity contribution in [3.05, 3.63) is 17.5 Å². The Morgan fingerprint density at radius 3 is 2.86 bits per heavy atom. The molecule has 2 N–H and O–H groups in total. The Bertz CT molecular complexity index is 297. The van der Waals surface area contributed by atoms with Crippen molar-refractivity contribution in [1.29, 1.82) is 0 Å². The Morgan fingerprint density at radius 1 is 1.50 bits per heavy atom. The fourth-order valence-corrected chi connectivity index (χ4v) is 2.33. The first-order valence-electron chi connectivity index (χ1n) is 5.54. The zero-order chi connectivity index (χ0) is 9.97. The summed E-state index contributed by atoms with van der Waals surface area (Å²) in [6.45, 7) is 0.712. The van der Waals surface area contributed by atoms with Crippen molar-refractivity contribution in [3.63, 3.8) is 0 Å². The molecule has 0 amide bonds. The Morgan fingerprint density at radius 2 is 2.21 bits per heavy atom. The van der Waals surface area contributed by atoms with Crippen LogP contribution in [0.25, 0.3) is 0 Å². The van der Waals surface area contributed by atoms with Crippen LogP contribution >= 0.6 is 0 Å². The monoisotopic (exact) mass is 193 g/mol. The minimum Gasteiger partial charge on any atom is -0.330 e. The fraction of sp³-hybridized carbons (Fsp3) is 0.727. The van der Waals surface area contributed by atoms with Gasteiger partial charge in [-0.25, -0.2) is 0 Å². The normalized spacial score (nSPS) is 17.9. The third kappa shape index (κ3) is 1.82. The van der Waals surface area contributed by atoms with E-state index in [1.54, 1.807) is 0 Å². The van der Waals surface area contributed by atoms with Gasteiger partial charge in [-0.15, -0.1) is 0 Å². The van der Waals surface area contributed by atoms with Gasteiger partial charge in [0.15, 0.2) is 0 Å². The van der Waals surface area contributed by atoms with Crippen molar-refractivity contribution in [2.45, 2.75) is 38.0 Å². The molecule has 14 heavy (non-hydrogen) atoms. The van der Waals surface area contributed by atoms with Crippen molar-refractivity contribution >= 4 is 0 Å². The molecule has 1 aliphatic rings. The highest BCUT2D eigenvalue weighted by Crippen LogP contribution is 2.33. The zero-order valence-electron chi connectivity index (χ0n) is 8.87. The minimum absolute atomic E-state index is 0.712. The average Bonchev–Trinajstić information content (AvgIpc) is 2.76. The van der Waals surface area contributed by atoms with Gasteiger partial charge in [0.05, 0.1) is 5.69 Å². The number of nitrogens with two attached hydrogens (primary N) is 1. The van der Waals surface area contributed by atoms with Crippen molar-refractivity contribution in [3.8, 4) is 0 Å². The minimum atomic E-state index is 0.712. The summed E-state index contributed by atoms with van der Waals surface area (Å²) in [6, 6.07) is 2.24. The Balaban J connectivity index is 2.14. The fourth-order valence-electron chi connectivity index (χ4n) is 2.33. The summed E-state index contributed by atoms with van der Waals surface area (Å²) in [6.07, 6.45) is 6.31. The molecule has 3 heteroatoms. The molecule has 0 saturated heterocycles. The highest BCUT2D eigenvalue weighted by Gasteiger charge is 2.20. The quantitative estimate of drug-likeness (QED) is 0.792. The molecule has 1 aromatic heterocycles. The van der Waals surface area contributed by atoms with Crippen LogP contribution in [0, 0.1) is 0 Å². The first kappa shape index (κ1) is 9.71. The van der Waals surface area contributed by atoms with E-state index >= 15 is 0 Å². The highest BCUT2D eigenvalue weighted by molar-refractivity contribution is 5.15. The lowest BCUT2D eigenvalue weighted by atomic mass is 10.0. The van der Waals surface area contributed by atoms with Crippen LogP contribution in [0.15, 0.2) is 6.07 Å². The molecule has 1 heterocycles. The molecule has 0 aromatic carbocycles. The second-order valence-corrected chi connectivity index (χ2v) is 4.20. The van der Waals surface area contributed by atoms with Gasteiger partial charge in [0.25, 0.3) is 0 Å². The van der Waals surface area contributed by atoms with E-state index in [2.05, 4.69) is 11.2 Å². The van der Waals surface area contributed by atoms with Crippen molar-refractivity contribution in [2.24, 2.45) is 12.8 Å². The summed E-state index contributed by atoms with van der Waals surface area (Å²) in [7, 11) is 2.02. The molecule has 0 unspecified atom stereocenters. The molecule has 1 aliphatic carbocycles. The van der Waals surface area contributed by atoms with Gasteiger partial charge in [-0.2, -0.15) is 5.10 Å². The predicted octanol–water partition coefficient (Wildman–Crippen LogP) is 1.58. The van der Waals surface area contributed by atoms with E-state index in [4.69, 9.17) is 5.73 Å². The first-order chi connectivity index (χ1) is 6.81. The topological polar surface area (TPSA) is 43.8 Å². The molecule has 0 bridgehead atoms. The largest absolute Gasteiger partial charge is 0.330 e. The molecule has 1 fully saturated rings. The van der Waals surface area contributed by atoms with Crippen molar-refractivity contribution in [1.82, 2.24) is 9.78 Å². The number of nitrogens with zero attached hydrogens (tertiary/aromatic N) is 2. The van der Waals surface area contributed by atoms with E-state index in [-0.39, 0.29) is 0 Å². The smallest absolute Gasteiger partial charge is 0.0658 e. The van der Waals surface area contributed by atoms with Crippen LogP contribution in [0.1, 0.15) is 43.0 Å². The number of aryl methyl sites for hydroxylation is 1. The zero-order valence-corrected chi connectivity index (χ0v) is 8.87. The second-order valence-electron chi connectivity index (χ2n) is 4.20. The van der Waals surface area contributed by atoms with E-state index in [1.165, 1.54) is 37.1 Å². The molecular formula is C11H19N3. The third-order valence-corrected chi connectivity index (χ3v) is 3.17. The first-order valence-corrected chi connectivity index (χ1v) is 5.54. The van der Waals surface area contributed by atoms with Crippen LogP contribution < -0.4 is 5.73 Å². The summed E-state index contributed by atoms with van der Waals surface area (Å²) in [4.78, 5) is 0. The van der Waals surface area contributed by atoms with E-state index in [9.17, 15) is 0 Å². The van der Waals surface area contributed by atoms with Gasteiger partial charge in [-0.1, -0.05) is 12.8 Å². The SMILES string of the molecule is Cn1nc(C2CCCC2)cc1CCN. The molecule has 0 spiro atoms. The lowest BCUT2D eigenvalue weighted by Crippen LogP contribution is -2.07. The number of hydrogen-bond acceptors (Lipinski definition) is 2. The van der Waals surface area contributed by atoms with Gasteiger partial charge in [-0.3, -0.25) is 4.68 Å². The van der Waals surface area contributed by atoms with Gasteiger partial charge in [0.1, 0.15) is 0 Å². The van der Waals surface area contributed by atoms with Crippen LogP contribution in [-0.2, 0) is 13.5 Å². The van der Waals surface area contributed by atoms with Crippen molar-refractivity contribution in [2.75, 3.05) is 6.54 Å². The van der Waals surface area contributed by atoms with Crippen LogP contribution in [0.4, 0.5) is 0 Å². The number of aromatic nitrogens is 2. The van der Waals surface area contributed by atoms with Gasteiger partial charge >= 0.3 is 0 Å². The van der Waals surface area contributed by atoms with Gasteiger partial charge in [0, 0.05) is 25.1 Å². The molecule has 2 rings (SSSR count). The maximum absolute atomic E-state index is 5.55. The lowest BCUT2D eigenvalue weighted by Gasteiger charge is -2.02. The van der Waals surface area contributed by atoms with Crippen LogP contribution in [0.3, 0.4) is 0 Å². The maximum atomic E-state index is 5.55. The summed E-state index contributed by atoms with van der Waals surface area (Å²) in [5.41, 5.74) is 8.11. The lowest BCUT2D eigenvalue weighted by molar-refractivity contribution is 0.645. The van der Waals surface area contributed by atoms with Gasteiger partial charge < -0.3 is 5.73 Å². The van der Waals surface area contributed by atoms with Gasteiger partial charge in [-0.05, 0) is 25.5 Å². The number of rotatable bonds is 3. The Kier molecular flexibility index (Phi) is 2.87. The summed E-state index contributed by atoms with van der Waals surface area (Å²) < 4.78 is 1.99. The highest BCUT2D eigenvalue weighted by atomic mass is 15.3. The van der Waals surface area contributed by atoms with Gasteiger partial charge in [0.2, 0.25) is 0 Å². The summed E-state index contributed by atoms with van der Waals surface area (Å²) in [5, 5.41) is 4.57. The maximum Gasteiger partial charge on any atom is 0.0658 e. The van der Waals surface area contributed by atoms with Crippen LogP contribution in [0.2, 0.25) is 0 Å². The van der Waals surface area contributed by atoms with E-state index in [0.29, 0.717) is 12.5 Å². The Labute approximate surface area is 85.3 Å². The molecule has 0 radical (unpaired) electrons. The standard InChI is InChI=1S/C11H19N3/c1-14-10(6-7-12)8-11(13-14)9-4-2-3-5-9/h8-9H,2-7,12H2,1H3. The molecule has 78 valence electrons. The van der Waals surface area contributed by atoms with Crippen LogP contribution in [0.5, 0.6) is 0 Å². The average molecular weight is 193 g/mol. The molecule has 0 atom stereocenters. The number of hydrogen-bond donors (Lipinski definition) is 1.